The number of thiophene rings is 1. The Kier molecular flexibility index (Phi) is 6.18. The van der Waals surface area contributed by atoms with Gasteiger partial charge in [-0.15, -0.1) is 11.3 Å². The summed E-state index contributed by atoms with van der Waals surface area (Å²) in [5.74, 6) is -0.551. The largest absolute Gasteiger partial charge is 0.338 e. The van der Waals surface area contributed by atoms with Crippen LogP contribution in [0.2, 0.25) is 0 Å². The van der Waals surface area contributed by atoms with Gasteiger partial charge in [-0.25, -0.2) is 8.42 Å². The summed E-state index contributed by atoms with van der Waals surface area (Å²) >= 11 is 1.66. The summed E-state index contributed by atoms with van der Waals surface area (Å²) in [7, 11) is -3.68. The SMILES string of the molecule is CCN(CC(C)C#N)C(=O)c1cccc(S(=O)(=O)N2CCc3sccc3C2)c1. The maximum Gasteiger partial charge on any atom is 0.253 e. The van der Waals surface area contributed by atoms with Gasteiger partial charge < -0.3 is 4.90 Å². The molecule has 0 saturated carbocycles. The van der Waals surface area contributed by atoms with E-state index in [-0.39, 0.29) is 16.7 Å². The van der Waals surface area contributed by atoms with Gasteiger partial charge in [-0.2, -0.15) is 9.57 Å². The van der Waals surface area contributed by atoms with Gasteiger partial charge in [-0.3, -0.25) is 4.79 Å². The van der Waals surface area contributed by atoms with Crippen molar-refractivity contribution in [3.05, 3.63) is 51.7 Å². The van der Waals surface area contributed by atoms with E-state index in [1.165, 1.54) is 21.3 Å². The molecule has 0 spiro atoms. The minimum atomic E-state index is -3.68. The third kappa shape index (κ3) is 4.12. The number of fused-ring (bicyclic) bond motifs is 1. The zero-order valence-corrected chi connectivity index (χ0v) is 17.6. The molecule has 1 aliphatic rings. The fourth-order valence-corrected chi connectivity index (χ4v) is 5.63. The standard InChI is InChI=1S/C20H23N3O3S2/c1-3-22(13-15(2)12-21)20(24)16-5-4-6-18(11-16)28(25,26)23-9-7-19-17(14-23)8-10-27-19/h4-6,8,10-11,15H,3,7,9,13-14H2,1-2H3. The first kappa shape index (κ1) is 20.5. The van der Waals surface area contributed by atoms with Crippen LogP contribution in [0.3, 0.4) is 0 Å². The van der Waals surface area contributed by atoms with Gasteiger partial charge >= 0.3 is 0 Å². The molecule has 0 bridgehead atoms. The highest BCUT2D eigenvalue weighted by Gasteiger charge is 2.29. The molecular formula is C20H23N3O3S2. The number of rotatable bonds is 6. The number of nitriles is 1. The van der Waals surface area contributed by atoms with Gasteiger partial charge in [-0.1, -0.05) is 6.07 Å². The number of carbonyl (C=O) groups is 1. The molecule has 0 aliphatic carbocycles. The Morgan fingerprint density at radius 2 is 2.18 bits per heavy atom. The van der Waals surface area contributed by atoms with Gasteiger partial charge in [0.25, 0.3) is 5.91 Å². The lowest BCUT2D eigenvalue weighted by atomic mass is 10.1. The minimum absolute atomic E-state index is 0.126. The van der Waals surface area contributed by atoms with Crippen molar-refractivity contribution in [1.29, 1.82) is 5.26 Å². The smallest absolute Gasteiger partial charge is 0.253 e. The first-order chi connectivity index (χ1) is 13.4. The van der Waals surface area contributed by atoms with Crippen LogP contribution in [0.1, 0.15) is 34.6 Å². The molecule has 1 aliphatic heterocycles. The molecule has 1 aromatic heterocycles. The van der Waals surface area contributed by atoms with Gasteiger partial charge in [0.05, 0.1) is 16.9 Å². The number of sulfonamides is 1. The molecule has 0 radical (unpaired) electrons. The van der Waals surface area contributed by atoms with Gasteiger partial charge in [-0.05, 0) is 55.5 Å². The van der Waals surface area contributed by atoms with E-state index in [4.69, 9.17) is 5.26 Å². The minimum Gasteiger partial charge on any atom is -0.338 e. The second kappa shape index (κ2) is 8.43. The van der Waals surface area contributed by atoms with Crippen molar-refractivity contribution in [2.24, 2.45) is 5.92 Å². The third-order valence-corrected chi connectivity index (χ3v) is 7.74. The van der Waals surface area contributed by atoms with Crippen LogP contribution in [0.4, 0.5) is 0 Å². The molecular weight excluding hydrogens is 394 g/mol. The monoisotopic (exact) mass is 417 g/mol. The maximum absolute atomic E-state index is 13.1. The molecule has 0 saturated heterocycles. The molecule has 2 heterocycles. The Balaban J connectivity index is 1.84. The van der Waals surface area contributed by atoms with Gasteiger partial charge in [0.1, 0.15) is 0 Å². The van der Waals surface area contributed by atoms with Gasteiger partial charge in [0.15, 0.2) is 0 Å². The van der Waals surface area contributed by atoms with E-state index in [9.17, 15) is 13.2 Å². The van der Waals surface area contributed by atoms with Crippen LogP contribution in [0.15, 0.2) is 40.6 Å². The number of hydrogen-bond donors (Lipinski definition) is 0. The predicted octanol–water partition coefficient (Wildman–Crippen LogP) is 3.12. The molecule has 8 heteroatoms. The topological polar surface area (TPSA) is 81.5 Å². The molecule has 1 unspecified atom stereocenters. The second-order valence-electron chi connectivity index (χ2n) is 6.86. The van der Waals surface area contributed by atoms with E-state index in [0.717, 1.165) is 5.56 Å². The lowest BCUT2D eigenvalue weighted by molar-refractivity contribution is 0.0752. The van der Waals surface area contributed by atoms with Crippen LogP contribution in [0, 0.1) is 17.2 Å². The van der Waals surface area contributed by atoms with E-state index in [2.05, 4.69) is 6.07 Å². The molecule has 148 valence electrons. The number of carbonyl (C=O) groups excluding carboxylic acids is 1. The van der Waals surface area contributed by atoms with E-state index >= 15 is 0 Å². The fourth-order valence-electron chi connectivity index (χ4n) is 3.28. The first-order valence-corrected chi connectivity index (χ1v) is 11.5. The lowest BCUT2D eigenvalue weighted by Crippen LogP contribution is -2.36. The summed E-state index contributed by atoms with van der Waals surface area (Å²) < 4.78 is 27.7. The summed E-state index contributed by atoms with van der Waals surface area (Å²) in [5.41, 5.74) is 1.37. The summed E-state index contributed by atoms with van der Waals surface area (Å²) in [4.78, 5) is 15.8. The van der Waals surface area contributed by atoms with Crippen molar-refractivity contribution in [2.75, 3.05) is 19.6 Å². The molecule has 28 heavy (non-hydrogen) atoms. The van der Waals surface area contributed by atoms with Crippen LogP contribution in [0.5, 0.6) is 0 Å². The summed E-state index contributed by atoms with van der Waals surface area (Å²) in [6, 6.07) is 10.3. The molecule has 0 fully saturated rings. The molecule has 1 amide bonds. The fraction of sp³-hybridized carbons (Fsp3) is 0.400. The zero-order chi connectivity index (χ0) is 20.3. The second-order valence-corrected chi connectivity index (χ2v) is 9.80. The predicted molar refractivity (Wildman–Crippen MR) is 108 cm³/mol. The van der Waals surface area contributed by atoms with Crippen LogP contribution in [0.25, 0.3) is 0 Å². The normalized spacial score (nSPS) is 15.5. The van der Waals surface area contributed by atoms with E-state index in [1.54, 1.807) is 35.3 Å². The average molecular weight is 418 g/mol. The molecule has 1 atom stereocenters. The molecule has 3 rings (SSSR count). The molecule has 1 aromatic carbocycles. The van der Waals surface area contributed by atoms with E-state index in [1.807, 2.05) is 18.4 Å². The number of nitrogens with zero attached hydrogens (tertiary/aromatic N) is 3. The molecule has 2 aromatic rings. The highest BCUT2D eigenvalue weighted by molar-refractivity contribution is 7.89. The van der Waals surface area contributed by atoms with Crippen molar-refractivity contribution < 1.29 is 13.2 Å². The highest BCUT2D eigenvalue weighted by atomic mass is 32.2. The van der Waals surface area contributed by atoms with Crippen molar-refractivity contribution in [3.63, 3.8) is 0 Å². The van der Waals surface area contributed by atoms with Crippen molar-refractivity contribution in [3.8, 4) is 6.07 Å². The molecule has 0 N–H and O–H groups in total. The Bertz CT molecular complexity index is 1010. The summed E-state index contributed by atoms with van der Waals surface area (Å²) in [5, 5.41) is 11.0. The van der Waals surface area contributed by atoms with Crippen LogP contribution in [-0.4, -0.2) is 43.2 Å². The van der Waals surface area contributed by atoms with Crippen molar-refractivity contribution in [1.82, 2.24) is 9.21 Å². The van der Waals surface area contributed by atoms with Crippen molar-refractivity contribution >= 4 is 27.3 Å². The van der Waals surface area contributed by atoms with Gasteiger partial charge in [0, 0.05) is 36.6 Å². The van der Waals surface area contributed by atoms with E-state index in [0.29, 0.717) is 38.2 Å². The summed E-state index contributed by atoms with van der Waals surface area (Å²) in [6.45, 7) is 5.17. The summed E-state index contributed by atoms with van der Waals surface area (Å²) in [6.07, 6.45) is 0.709. The highest BCUT2D eigenvalue weighted by Crippen LogP contribution is 2.28. The van der Waals surface area contributed by atoms with Crippen LogP contribution >= 0.6 is 11.3 Å². The number of benzene rings is 1. The zero-order valence-electron chi connectivity index (χ0n) is 16.0. The maximum atomic E-state index is 13.1. The number of hydrogen-bond acceptors (Lipinski definition) is 5. The Morgan fingerprint density at radius 3 is 2.89 bits per heavy atom. The van der Waals surface area contributed by atoms with E-state index < -0.39 is 10.0 Å². The third-order valence-electron chi connectivity index (χ3n) is 4.87. The molecule has 6 nitrogen and oxygen atoms in total. The first-order valence-electron chi connectivity index (χ1n) is 9.21. The lowest BCUT2D eigenvalue weighted by Gasteiger charge is -2.26. The Hall–Kier alpha value is -2.21. The van der Waals surface area contributed by atoms with Gasteiger partial charge in [0.2, 0.25) is 10.0 Å². The number of amides is 1. The Morgan fingerprint density at radius 1 is 1.39 bits per heavy atom. The quantitative estimate of drug-likeness (QED) is 0.723. The van der Waals surface area contributed by atoms with Crippen molar-refractivity contribution in [2.45, 2.75) is 31.7 Å². The van der Waals surface area contributed by atoms with Crippen LogP contribution < -0.4 is 0 Å². The average Bonchev–Trinajstić information content (AvgIpc) is 3.19. The Labute approximate surface area is 170 Å². The van der Waals surface area contributed by atoms with Crippen LogP contribution in [-0.2, 0) is 23.0 Å².